The molecule has 0 bridgehead atoms. The van der Waals surface area contributed by atoms with E-state index in [1.165, 1.54) is 12.8 Å². The molecule has 1 aromatic carbocycles. The van der Waals surface area contributed by atoms with E-state index in [1.807, 2.05) is 43.1 Å². The third-order valence-corrected chi connectivity index (χ3v) is 3.69. The molecule has 2 rings (SSSR count). The van der Waals surface area contributed by atoms with E-state index in [-0.39, 0.29) is 5.91 Å². The second-order valence-corrected chi connectivity index (χ2v) is 5.36. The Bertz CT molecular complexity index is 425. The van der Waals surface area contributed by atoms with Gasteiger partial charge in [0.05, 0.1) is 6.61 Å². The van der Waals surface area contributed by atoms with Crippen molar-refractivity contribution < 1.29 is 9.53 Å². The van der Waals surface area contributed by atoms with Crippen molar-refractivity contribution in [3.05, 3.63) is 29.8 Å². The van der Waals surface area contributed by atoms with Crippen LogP contribution < -0.4 is 10.1 Å². The minimum absolute atomic E-state index is 0.0821. The number of hydrogen-bond donors (Lipinski definition) is 1. The minimum Gasteiger partial charge on any atom is -0.494 e. The number of carbonyl (C=O) groups excluding carboxylic acids is 1. The van der Waals surface area contributed by atoms with Crippen molar-refractivity contribution in [3.63, 3.8) is 0 Å². The summed E-state index contributed by atoms with van der Waals surface area (Å²) in [7, 11) is 1.88. The van der Waals surface area contributed by atoms with Crippen LogP contribution in [-0.2, 0) is 0 Å². The molecule has 1 aliphatic rings. The number of nitrogens with one attached hydrogen (secondary N) is 1. The average molecular weight is 276 g/mol. The van der Waals surface area contributed by atoms with Gasteiger partial charge in [0, 0.05) is 19.2 Å². The van der Waals surface area contributed by atoms with E-state index in [0.29, 0.717) is 12.5 Å². The normalized spacial score (nSPS) is 18.6. The fourth-order valence-electron chi connectivity index (χ4n) is 2.63. The van der Waals surface area contributed by atoms with Gasteiger partial charge in [0.15, 0.2) is 0 Å². The summed E-state index contributed by atoms with van der Waals surface area (Å²) in [6.07, 6.45) is 2.41. The van der Waals surface area contributed by atoms with Gasteiger partial charge in [0.1, 0.15) is 5.75 Å². The first-order chi connectivity index (χ1) is 9.70. The lowest BCUT2D eigenvalue weighted by Gasteiger charge is -2.27. The molecule has 0 saturated carbocycles. The molecule has 1 heterocycles. The van der Waals surface area contributed by atoms with Crippen molar-refractivity contribution in [3.8, 4) is 5.75 Å². The highest BCUT2D eigenvalue weighted by atomic mass is 16.5. The highest BCUT2D eigenvalue weighted by Crippen LogP contribution is 2.15. The predicted octanol–water partition coefficient (Wildman–Crippen LogP) is 2.16. The molecule has 0 radical (unpaired) electrons. The molecule has 0 aliphatic carbocycles. The van der Waals surface area contributed by atoms with E-state index in [2.05, 4.69) is 5.32 Å². The Morgan fingerprint density at radius 2 is 2.15 bits per heavy atom. The van der Waals surface area contributed by atoms with E-state index in [1.54, 1.807) is 0 Å². The second kappa shape index (κ2) is 7.29. The third kappa shape index (κ3) is 3.97. The van der Waals surface area contributed by atoms with Crippen LogP contribution in [0.1, 0.15) is 30.1 Å². The molecule has 1 unspecified atom stereocenters. The maximum absolute atomic E-state index is 12.4. The van der Waals surface area contributed by atoms with Crippen LogP contribution in [0.2, 0.25) is 0 Å². The Kier molecular flexibility index (Phi) is 5.41. The van der Waals surface area contributed by atoms with Crippen LogP contribution in [0.25, 0.3) is 0 Å². The molecule has 1 saturated heterocycles. The van der Waals surface area contributed by atoms with Crippen molar-refractivity contribution in [2.45, 2.75) is 19.8 Å². The largest absolute Gasteiger partial charge is 0.494 e. The summed E-state index contributed by atoms with van der Waals surface area (Å²) in [5.41, 5.74) is 0.722. The van der Waals surface area contributed by atoms with Gasteiger partial charge in [-0.25, -0.2) is 0 Å². The topological polar surface area (TPSA) is 41.6 Å². The van der Waals surface area contributed by atoms with Crippen LogP contribution in [-0.4, -0.2) is 44.1 Å². The molecule has 20 heavy (non-hydrogen) atoms. The summed E-state index contributed by atoms with van der Waals surface area (Å²) in [5, 5.41) is 3.39. The maximum Gasteiger partial charge on any atom is 0.253 e. The zero-order valence-electron chi connectivity index (χ0n) is 12.4. The Hall–Kier alpha value is -1.55. The van der Waals surface area contributed by atoms with Gasteiger partial charge in [-0.2, -0.15) is 0 Å². The van der Waals surface area contributed by atoms with Crippen molar-refractivity contribution >= 4 is 5.91 Å². The molecule has 1 fully saturated rings. The standard InChI is InChI=1S/C16H24N2O2/c1-3-20-15-8-6-14(7-9-15)16(19)18(2)12-13-5-4-10-17-11-13/h6-9,13,17H,3-5,10-12H2,1-2H3. The molecular weight excluding hydrogens is 252 g/mol. The minimum atomic E-state index is 0.0821. The maximum atomic E-state index is 12.4. The summed E-state index contributed by atoms with van der Waals surface area (Å²) in [6.45, 7) is 5.53. The zero-order chi connectivity index (χ0) is 14.4. The zero-order valence-corrected chi connectivity index (χ0v) is 12.4. The Labute approximate surface area is 121 Å². The van der Waals surface area contributed by atoms with E-state index in [9.17, 15) is 4.79 Å². The van der Waals surface area contributed by atoms with E-state index < -0.39 is 0 Å². The number of amides is 1. The van der Waals surface area contributed by atoms with Crippen molar-refractivity contribution in [2.75, 3.05) is 33.3 Å². The lowest BCUT2D eigenvalue weighted by molar-refractivity contribution is 0.0764. The molecular formula is C16H24N2O2. The molecule has 0 spiro atoms. The van der Waals surface area contributed by atoms with Crippen molar-refractivity contribution in [1.82, 2.24) is 10.2 Å². The molecule has 110 valence electrons. The molecule has 1 atom stereocenters. The van der Waals surface area contributed by atoms with Gasteiger partial charge in [0.2, 0.25) is 0 Å². The molecule has 0 aromatic heterocycles. The summed E-state index contributed by atoms with van der Waals surface area (Å²) in [4.78, 5) is 14.2. The van der Waals surface area contributed by atoms with E-state index >= 15 is 0 Å². The number of benzene rings is 1. The molecule has 1 N–H and O–H groups in total. The van der Waals surface area contributed by atoms with Crippen molar-refractivity contribution in [1.29, 1.82) is 0 Å². The fourth-order valence-corrected chi connectivity index (χ4v) is 2.63. The Balaban J connectivity index is 1.91. The summed E-state index contributed by atoms with van der Waals surface area (Å²) < 4.78 is 5.39. The van der Waals surface area contributed by atoms with Crippen molar-refractivity contribution in [2.24, 2.45) is 5.92 Å². The van der Waals surface area contributed by atoms with Gasteiger partial charge in [-0.15, -0.1) is 0 Å². The van der Waals surface area contributed by atoms with Gasteiger partial charge in [-0.05, 0) is 63.0 Å². The van der Waals surface area contributed by atoms with Crippen LogP contribution in [0.5, 0.6) is 5.75 Å². The Morgan fingerprint density at radius 1 is 1.40 bits per heavy atom. The summed E-state index contributed by atoms with van der Waals surface area (Å²) >= 11 is 0. The highest BCUT2D eigenvalue weighted by Gasteiger charge is 2.18. The molecule has 4 nitrogen and oxygen atoms in total. The number of piperidine rings is 1. The van der Waals surface area contributed by atoms with Crippen LogP contribution in [0.4, 0.5) is 0 Å². The first kappa shape index (κ1) is 14.9. The number of carbonyl (C=O) groups is 1. The smallest absolute Gasteiger partial charge is 0.253 e. The van der Waals surface area contributed by atoms with Crippen LogP contribution in [0.3, 0.4) is 0 Å². The van der Waals surface area contributed by atoms with Crippen LogP contribution >= 0.6 is 0 Å². The molecule has 1 aromatic rings. The summed E-state index contributed by atoms with van der Waals surface area (Å²) in [6, 6.07) is 7.38. The van der Waals surface area contributed by atoms with Gasteiger partial charge in [-0.1, -0.05) is 0 Å². The monoisotopic (exact) mass is 276 g/mol. The van der Waals surface area contributed by atoms with Gasteiger partial charge in [0.25, 0.3) is 5.91 Å². The highest BCUT2D eigenvalue weighted by molar-refractivity contribution is 5.94. The quantitative estimate of drug-likeness (QED) is 0.896. The number of hydrogen-bond acceptors (Lipinski definition) is 3. The second-order valence-electron chi connectivity index (χ2n) is 5.36. The third-order valence-electron chi connectivity index (χ3n) is 3.69. The van der Waals surface area contributed by atoms with Gasteiger partial charge in [-0.3, -0.25) is 4.79 Å². The van der Waals surface area contributed by atoms with Crippen LogP contribution in [0, 0.1) is 5.92 Å². The van der Waals surface area contributed by atoms with E-state index in [4.69, 9.17) is 4.74 Å². The van der Waals surface area contributed by atoms with E-state index in [0.717, 1.165) is 30.9 Å². The summed E-state index contributed by atoms with van der Waals surface area (Å²) in [5.74, 6) is 1.46. The Morgan fingerprint density at radius 3 is 2.75 bits per heavy atom. The van der Waals surface area contributed by atoms with Gasteiger partial charge >= 0.3 is 0 Å². The molecule has 4 heteroatoms. The average Bonchev–Trinajstić information content (AvgIpc) is 2.48. The molecule has 1 aliphatic heterocycles. The fraction of sp³-hybridized carbons (Fsp3) is 0.562. The number of rotatable bonds is 5. The lowest BCUT2D eigenvalue weighted by atomic mass is 9.99. The number of nitrogens with zero attached hydrogens (tertiary/aromatic N) is 1. The van der Waals surface area contributed by atoms with Crippen LogP contribution in [0.15, 0.2) is 24.3 Å². The SMILES string of the molecule is CCOc1ccc(C(=O)N(C)CC2CCCNC2)cc1. The number of ether oxygens (including phenoxy) is 1. The molecule has 1 amide bonds. The van der Waals surface area contributed by atoms with Gasteiger partial charge < -0.3 is 15.0 Å². The first-order valence-electron chi connectivity index (χ1n) is 7.39. The first-order valence-corrected chi connectivity index (χ1v) is 7.39. The predicted molar refractivity (Wildman–Crippen MR) is 80.2 cm³/mol. The lowest BCUT2D eigenvalue weighted by Crippen LogP contribution is -2.39.